The zero-order chi connectivity index (χ0) is 24.9. The maximum atomic E-state index is 13.6. The predicted octanol–water partition coefficient (Wildman–Crippen LogP) is 4.59. The number of Topliss-reactive ketones (excluding diaryl/α,β-unsaturated/α-hetero) is 1. The predicted molar refractivity (Wildman–Crippen MR) is 134 cm³/mol. The fraction of sp³-hybridized carbons (Fsp3) is 0.241. The van der Waals surface area contributed by atoms with Crippen molar-refractivity contribution in [2.75, 3.05) is 14.2 Å². The van der Waals surface area contributed by atoms with E-state index in [0.717, 1.165) is 22.3 Å². The van der Waals surface area contributed by atoms with Crippen LogP contribution in [0.5, 0.6) is 11.5 Å². The average molecular weight is 472 g/mol. The Morgan fingerprint density at radius 2 is 1.63 bits per heavy atom. The number of rotatable bonds is 9. The van der Waals surface area contributed by atoms with Crippen molar-refractivity contribution in [3.05, 3.63) is 106 Å². The quantitative estimate of drug-likeness (QED) is 0.462. The Labute approximate surface area is 205 Å². The smallest absolute Gasteiger partial charge is 0.261 e. The van der Waals surface area contributed by atoms with Gasteiger partial charge in [0.05, 0.1) is 26.8 Å². The van der Waals surface area contributed by atoms with Gasteiger partial charge in [0.25, 0.3) is 5.91 Å². The van der Waals surface area contributed by atoms with Crippen molar-refractivity contribution >= 4 is 11.7 Å². The first-order chi connectivity index (χ1) is 16.9. The number of carbonyl (C=O) groups excluding carboxylic acids is 2. The van der Waals surface area contributed by atoms with Crippen LogP contribution in [0.25, 0.3) is 0 Å². The highest BCUT2D eigenvalue weighted by Crippen LogP contribution is 2.35. The molecule has 6 nitrogen and oxygen atoms in total. The molecule has 0 saturated heterocycles. The summed E-state index contributed by atoms with van der Waals surface area (Å²) in [5.41, 5.74) is 3.40. The SMILES string of the molecule is COc1cccc(CN2C(=O)C(C(=O)Cc3ccc(C)cc3)=C(O)C2Cc2ccccc2)c1OC. The number of amides is 1. The first-order valence-electron chi connectivity index (χ1n) is 11.5. The van der Waals surface area contributed by atoms with E-state index in [0.29, 0.717) is 17.9 Å². The van der Waals surface area contributed by atoms with Gasteiger partial charge in [-0.15, -0.1) is 0 Å². The Kier molecular flexibility index (Phi) is 7.20. The van der Waals surface area contributed by atoms with E-state index in [1.807, 2.05) is 73.7 Å². The van der Waals surface area contributed by atoms with Gasteiger partial charge in [0.1, 0.15) is 11.3 Å². The molecule has 1 unspecified atom stereocenters. The molecule has 35 heavy (non-hydrogen) atoms. The monoisotopic (exact) mass is 471 g/mol. The van der Waals surface area contributed by atoms with Gasteiger partial charge in [-0.1, -0.05) is 72.3 Å². The minimum atomic E-state index is -0.669. The molecular weight excluding hydrogens is 442 g/mol. The van der Waals surface area contributed by atoms with Gasteiger partial charge in [0.2, 0.25) is 0 Å². The van der Waals surface area contributed by atoms with Gasteiger partial charge in [0, 0.05) is 18.4 Å². The Morgan fingerprint density at radius 3 is 2.29 bits per heavy atom. The fourth-order valence-electron chi connectivity index (χ4n) is 4.44. The fourth-order valence-corrected chi connectivity index (χ4v) is 4.44. The molecule has 1 N–H and O–H groups in total. The van der Waals surface area contributed by atoms with Crippen molar-refractivity contribution in [2.24, 2.45) is 0 Å². The number of carbonyl (C=O) groups is 2. The maximum absolute atomic E-state index is 13.6. The van der Waals surface area contributed by atoms with Crippen molar-refractivity contribution in [3.8, 4) is 11.5 Å². The van der Waals surface area contributed by atoms with Gasteiger partial charge < -0.3 is 19.5 Å². The second kappa shape index (κ2) is 10.5. The lowest BCUT2D eigenvalue weighted by atomic mass is 9.99. The number of aliphatic hydroxyl groups excluding tert-OH is 1. The molecule has 1 amide bonds. The van der Waals surface area contributed by atoms with Crippen LogP contribution in [-0.4, -0.2) is 42.0 Å². The molecule has 0 radical (unpaired) electrons. The van der Waals surface area contributed by atoms with E-state index in [9.17, 15) is 14.7 Å². The lowest BCUT2D eigenvalue weighted by molar-refractivity contribution is -0.129. The highest BCUT2D eigenvalue weighted by molar-refractivity contribution is 6.21. The van der Waals surface area contributed by atoms with Crippen molar-refractivity contribution in [1.29, 1.82) is 0 Å². The Balaban J connectivity index is 1.68. The number of ether oxygens (including phenoxy) is 2. The zero-order valence-corrected chi connectivity index (χ0v) is 20.2. The summed E-state index contributed by atoms with van der Waals surface area (Å²) in [5, 5.41) is 11.2. The minimum Gasteiger partial charge on any atom is -0.509 e. The van der Waals surface area contributed by atoms with Crippen molar-refractivity contribution in [1.82, 2.24) is 4.90 Å². The third-order valence-corrected chi connectivity index (χ3v) is 6.28. The minimum absolute atomic E-state index is 0.0415. The first-order valence-corrected chi connectivity index (χ1v) is 11.5. The summed E-state index contributed by atoms with van der Waals surface area (Å²) < 4.78 is 11.0. The van der Waals surface area contributed by atoms with E-state index in [-0.39, 0.29) is 24.3 Å². The molecule has 4 rings (SSSR count). The number of hydrogen-bond donors (Lipinski definition) is 1. The summed E-state index contributed by atoms with van der Waals surface area (Å²) >= 11 is 0. The van der Waals surface area contributed by atoms with E-state index in [1.54, 1.807) is 25.2 Å². The topological polar surface area (TPSA) is 76.1 Å². The number of aryl methyl sites for hydroxylation is 1. The number of nitrogens with zero attached hydrogens (tertiary/aromatic N) is 1. The van der Waals surface area contributed by atoms with E-state index in [2.05, 4.69) is 0 Å². The molecule has 6 heteroatoms. The summed E-state index contributed by atoms with van der Waals surface area (Å²) in [7, 11) is 3.09. The van der Waals surface area contributed by atoms with E-state index in [1.165, 1.54) is 0 Å². The van der Waals surface area contributed by atoms with Crippen molar-refractivity contribution in [2.45, 2.75) is 32.4 Å². The van der Waals surface area contributed by atoms with E-state index in [4.69, 9.17) is 9.47 Å². The molecule has 0 spiro atoms. The van der Waals surface area contributed by atoms with Crippen LogP contribution in [-0.2, 0) is 29.0 Å². The second-order valence-corrected chi connectivity index (χ2v) is 8.64. The molecule has 1 aliphatic heterocycles. The van der Waals surface area contributed by atoms with Gasteiger partial charge in [-0.3, -0.25) is 9.59 Å². The summed E-state index contributed by atoms with van der Waals surface area (Å²) in [4.78, 5) is 28.3. The number of aliphatic hydroxyl groups is 1. The molecule has 1 atom stereocenters. The molecular formula is C29H29NO5. The average Bonchev–Trinajstić information content (AvgIpc) is 3.09. The largest absolute Gasteiger partial charge is 0.509 e. The Bertz CT molecular complexity index is 1250. The van der Waals surface area contributed by atoms with E-state index >= 15 is 0 Å². The number of para-hydroxylation sites is 1. The summed E-state index contributed by atoms with van der Waals surface area (Å²) in [6.07, 6.45) is 0.422. The molecule has 3 aromatic rings. The first kappa shape index (κ1) is 24.1. The number of benzene rings is 3. The Morgan fingerprint density at radius 1 is 0.914 bits per heavy atom. The second-order valence-electron chi connectivity index (χ2n) is 8.64. The third-order valence-electron chi connectivity index (χ3n) is 6.28. The van der Waals surface area contributed by atoms with Crippen LogP contribution in [0.1, 0.15) is 22.3 Å². The molecule has 1 aliphatic rings. The number of hydrogen-bond acceptors (Lipinski definition) is 5. The molecule has 0 aliphatic carbocycles. The lowest BCUT2D eigenvalue weighted by Gasteiger charge is -2.26. The third kappa shape index (κ3) is 5.06. The van der Waals surface area contributed by atoms with Crippen molar-refractivity contribution in [3.63, 3.8) is 0 Å². The molecule has 3 aromatic carbocycles. The van der Waals surface area contributed by atoms with E-state index < -0.39 is 17.7 Å². The Hall–Kier alpha value is -4.06. The zero-order valence-electron chi connectivity index (χ0n) is 20.2. The summed E-state index contributed by atoms with van der Waals surface area (Å²) in [5.74, 6) is 0.00190. The maximum Gasteiger partial charge on any atom is 0.261 e. The van der Waals surface area contributed by atoms with Gasteiger partial charge in [0.15, 0.2) is 17.3 Å². The summed E-state index contributed by atoms with van der Waals surface area (Å²) in [6, 6.07) is 22.0. The highest BCUT2D eigenvalue weighted by atomic mass is 16.5. The van der Waals surface area contributed by atoms with Gasteiger partial charge >= 0.3 is 0 Å². The van der Waals surface area contributed by atoms with Gasteiger partial charge in [-0.2, -0.15) is 0 Å². The normalized spacial score (nSPS) is 15.5. The van der Waals surface area contributed by atoms with Crippen LogP contribution in [0.15, 0.2) is 84.1 Å². The molecule has 0 saturated carbocycles. The van der Waals surface area contributed by atoms with Crippen LogP contribution >= 0.6 is 0 Å². The van der Waals surface area contributed by atoms with Crippen LogP contribution in [0.3, 0.4) is 0 Å². The van der Waals surface area contributed by atoms with Crippen LogP contribution in [0.2, 0.25) is 0 Å². The molecule has 0 aromatic heterocycles. The standard InChI is InChI=1S/C29H29NO5/c1-19-12-14-21(15-13-19)17-24(31)26-27(32)23(16-20-8-5-4-6-9-20)30(29(26)33)18-22-10-7-11-25(34-2)28(22)35-3/h4-15,23,32H,16-18H2,1-3H3. The van der Waals surface area contributed by atoms with Crippen LogP contribution in [0.4, 0.5) is 0 Å². The molecule has 0 bridgehead atoms. The lowest BCUT2D eigenvalue weighted by Crippen LogP contribution is -2.37. The molecule has 180 valence electrons. The van der Waals surface area contributed by atoms with Crippen molar-refractivity contribution < 1.29 is 24.2 Å². The molecule has 0 fully saturated rings. The number of methoxy groups -OCH3 is 2. The van der Waals surface area contributed by atoms with Crippen LogP contribution in [0, 0.1) is 6.92 Å². The highest BCUT2D eigenvalue weighted by Gasteiger charge is 2.42. The number of ketones is 1. The molecule has 1 heterocycles. The van der Waals surface area contributed by atoms with Crippen LogP contribution < -0.4 is 9.47 Å². The van der Waals surface area contributed by atoms with Gasteiger partial charge in [-0.05, 0) is 24.1 Å². The van der Waals surface area contributed by atoms with Gasteiger partial charge in [-0.25, -0.2) is 0 Å². The summed E-state index contributed by atoms with van der Waals surface area (Å²) in [6.45, 7) is 2.13.